The van der Waals surface area contributed by atoms with Crippen molar-refractivity contribution in [2.24, 2.45) is 5.92 Å². The first-order chi connectivity index (χ1) is 14.1. The highest BCUT2D eigenvalue weighted by atomic mass is 31.2. The Labute approximate surface area is 181 Å². The van der Waals surface area contributed by atoms with E-state index in [1.165, 1.54) is 20.0 Å². The predicted molar refractivity (Wildman–Crippen MR) is 120 cm³/mol. The van der Waals surface area contributed by atoms with Crippen molar-refractivity contribution in [2.45, 2.75) is 84.8 Å². The van der Waals surface area contributed by atoms with Crippen LogP contribution in [0.5, 0.6) is 5.75 Å². The highest BCUT2D eigenvalue weighted by molar-refractivity contribution is 7.57. The molecule has 0 bridgehead atoms. The molecule has 0 saturated heterocycles. The zero-order valence-corrected chi connectivity index (χ0v) is 20.3. The molecular formula is C23H38NO5P. The van der Waals surface area contributed by atoms with Crippen LogP contribution < -0.4 is 9.61 Å². The number of benzene rings is 1. The lowest BCUT2D eigenvalue weighted by Gasteiger charge is -2.28. The van der Waals surface area contributed by atoms with Gasteiger partial charge >= 0.3 is 13.5 Å². The van der Waals surface area contributed by atoms with Gasteiger partial charge in [0.25, 0.3) is 0 Å². The summed E-state index contributed by atoms with van der Waals surface area (Å²) in [6, 6.07) is 5.38. The summed E-state index contributed by atoms with van der Waals surface area (Å²) in [6.07, 6.45) is 2.97. The van der Waals surface area contributed by atoms with E-state index in [0.717, 1.165) is 17.5 Å². The zero-order chi connectivity index (χ0) is 22.5. The van der Waals surface area contributed by atoms with Crippen LogP contribution in [-0.4, -0.2) is 31.6 Å². The molecule has 1 N–H and O–H groups in total. The molecule has 0 heterocycles. The Hall–Kier alpha value is -1.36. The Bertz CT molecular complexity index is 762. The van der Waals surface area contributed by atoms with Gasteiger partial charge in [-0.3, -0.25) is 9.36 Å². The highest BCUT2D eigenvalue weighted by Gasteiger charge is 2.36. The van der Waals surface area contributed by atoms with Crippen molar-refractivity contribution < 1.29 is 23.4 Å². The number of rotatable bonds is 12. The van der Waals surface area contributed by atoms with E-state index in [-0.39, 0.29) is 18.4 Å². The van der Waals surface area contributed by atoms with Crippen LogP contribution in [-0.2, 0) is 18.8 Å². The number of esters is 1. The Morgan fingerprint density at radius 3 is 2.33 bits per heavy atom. The number of carbonyl (C=O) groups excluding carboxylic acids is 1. The molecule has 4 atom stereocenters. The molecular weight excluding hydrogens is 401 g/mol. The first kappa shape index (κ1) is 24.9. The van der Waals surface area contributed by atoms with Crippen LogP contribution >= 0.6 is 7.52 Å². The topological polar surface area (TPSA) is 73.9 Å². The monoisotopic (exact) mass is 439 g/mol. The van der Waals surface area contributed by atoms with Crippen LogP contribution in [0.4, 0.5) is 0 Å². The lowest BCUT2D eigenvalue weighted by atomic mass is 9.89. The number of nitrogens with one attached hydrogen (secondary N) is 1. The Morgan fingerprint density at radius 1 is 1.17 bits per heavy atom. The van der Waals surface area contributed by atoms with Crippen LogP contribution in [0.2, 0.25) is 0 Å². The number of carbonyl (C=O) groups is 1. The summed E-state index contributed by atoms with van der Waals surface area (Å²) in [7, 11) is -2.05. The lowest BCUT2D eigenvalue weighted by Crippen LogP contribution is -2.36. The molecule has 1 aliphatic rings. The molecule has 1 fully saturated rings. The first-order valence-electron chi connectivity index (χ1n) is 11.0. The molecule has 0 spiro atoms. The largest absolute Gasteiger partial charge is 0.462 e. The van der Waals surface area contributed by atoms with E-state index in [2.05, 4.69) is 38.0 Å². The minimum atomic E-state index is -3.52. The third kappa shape index (κ3) is 6.57. The summed E-state index contributed by atoms with van der Waals surface area (Å²) in [6.45, 7) is 11.7. The fraction of sp³-hybridized carbons (Fsp3) is 0.696. The maximum Gasteiger partial charge on any atom is 0.342 e. The third-order valence-corrected chi connectivity index (χ3v) is 7.53. The van der Waals surface area contributed by atoms with Crippen LogP contribution in [0.25, 0.3) is 0 Å². The molecule has 1 aromatic carbocycles. The van der Waals surface area contributed by atoms with E-state index in [0.29, 0.717) is 17.6 Å². The van der Waals surface area contributed by atoms with Gasteiger partial charge in [-0.05, 0) is 68.9 Å². The van der Waals surface area contributed by atoms with Gasteiger partial charge in [-0.15, -0.1) is 0 Å². The van der Waals surface area contributed by atoms with E-state index in [4.69, 9.17) is 14.0 Å². The third-order valence-electron chi connectivity index (χ3n) is 5.67. The van der Waals surface area contributed by atoms with Crippen LogP contribution in [0.1, 0.15) is 83.8 Å². The van der Waals surface area contributed by atoms with Gasteiger partial charge in [-0.2, -0.15) is 0 Å². The molecule has 6 nitrogen and oxygen atoms in total. The van der Waals surface area contributed by atoms with Crippen molar-refractivity contribution in [3.63, 3.8) is 0 Å². The van der Waals surface area contributed by atoms with Gasteiger partial charge in [-0.1, -0.05) is 39.0 Å². The normalized spacial score (nSPS) is 19.1. The number of para-hydroxylation sites is 1. The minimum Gasteiger partial charge on any atom is -0.462 e. The van der Waals surface area contributed by atoms with Crippen LogP contribution in [0.15, 0.2) is 18.2 Å². The summed E-state index contributed by atoms with van der Waals surface area (Å²) in [4.78, 5) is 12.3. The second-order valence-electron chi connectivity index (χ2n) is 8.72. The molecule has 2 rings (SSSR count). The maximum atomic E-state index is 13.7. The van der Waals surface area contributed by atoms with Crippen molar-refractivity contribution in [2.75, 3.05) is 13.5 Å². The standard InChI is InChI=1S/C23H38NO5P/c1-8-16(4)20-10-9-11-21(17(5)19-12-13-19)22(20)29-30(26,14-27-7)24-18(6)23(25)28-15(2)3/h9-11,15-19H,8,12-14H2,1-7H3,(H,24,26)/t16?,17-,18+,30?/m1/s1. The summed E-state index contributed by atoms with van der Waals surface area (Å²) in [5.41, 5.74) is 2.11. The number of methoxy groups -OCH3 is 1. The molecule has 170 valence electrons. The van der Waals surface area contributed by atoms with Crippen molar-refractivity contribution in [3.05, 3.63) is 29.3 Å². The van der Waals surface area contributed by atoms with Gasteiger partial charge in [-0.25, -0.2) is 5.09 Å². The zero-order valence-electron chi connectivity index (χ0n) is 19.4. The molecule has 1 aromatic rings. The Morgan fingerprint density at radius 2 is 1.80 bits per heavy atom. The fourth-order valence-electron chi connectivity index (χ4n) is 3.59. The Balaban J connectivity index is 2.38. The molecule has 1 saturated carbocycles. The number of hydrogen-bond acceptors (Lipinski definition) is 5. The van der Waals surface area contributed by atoms with Gasteiger partial charge < -0.3 is 14.0 Å². The van der Waals surface area contributed by atoms with Gasteiger partial charge in [0, 0.05) is 7.11 Å². The van der Waals surface area contributed by atoms with Gasteiger partial charge in [0.1, 0.15) is 18.1 Å². The van der Waals surface area contributed by atoms with Crippen molar-refractivity contribution in [3.8, 4) is 5.75 Å². The maximum absolute atomic E-state index is 13.7. The average molecular weight is 440 g/mol. The SMILES string of the molecule is CCC(C)c1cccc([C@H](C)C2CC2)c1OP(=O)(COC)N[C@@H](C)C(=O)OC(C)C. The number of hydrogen-bond donors (Lipinski definition) is 1. The van der Waals surface area contributed by atoms with E-state index < -0.39 is 19.5 Å². The van der Waals surface area contributed by atoms with Crippen molar-refractivity contribution in [1.29, 1.82) is 0 Å². The minimum absolute atomic E-state index is 0.140. The van der Waals surface area contributed by atoms with Gasteiger partial charge in [0.2, 0.25) is 0 Å². The summed E-state index contributed by atoms with van der Waals surface area (Å²) >= 11 is 0. The Kier molecular flexibility index (Phi) is 8.96. The molecule has 0 aliphatic heterocycles. The molecule has 0 amide bonds. The van der Waals surface area contributed by atoms with Gasteiger partial charge in [0.05, 0.1) is 6.10 Å². The van der Waals surface area contributed by atoms with E-state index in [9.17, 15) is 9.36 Å². The van der Waals surface area contributed by atoms with Crippen molar-refractivity contribution >= 4 is 13.5 Å². The first-order valence-corrected chi connectivity index (χ1v) is 12.8. The van der Waals surface area contributed by atoms with E-state index >= 15 is 0 Å². The van der Waals surface area contributed by atoms with Gasteiger partial charge in [0.15, 0.2) is 0 Å². The summed E-state index contributed by atoms with van der Waals surface area (Å²) < 4.78 is 30.5. The van der Waals surface area contributed by atoms with Crippen molar-refractivity contribution in [1.82, 2.24) is 5.09 Å². The van der Waals surface area contributed by atoms with Crippen LogP contribution in [0, 0.1) is 5.92 Å². The fourth-order valence-corrected chi connectivity index (χ4v) is 5.31. The smallest absolute Gasteiger partial charge is 0.342 e. The lowest BCUT2D eigenvalue weighted by molar-refractivity contribution is -0.149. The van der Waals surface area contributed by atoms with E-state index in [1.807, 2.05) is 6.07 Å². The second-order valence-corrected chi connectivity index (χ2v) is 10.8. The number of ether oxygens (including phenoxy) is 2. The van der Waals surface area contributed by atoms with E-state index in [1.54, 1.807) is 20.8 Å². The quantitative estimate of drug-likeness (QED) is 0.327. The molecule has 7 heteroatoms. The summed E-state index contributed by atoms with van der Waals surface area (Å²) in [5, 5.41) is 2.88. The molecule has 2 unspecified atom stereocenters. The average Bonchev–Trinajstić information content (AvgIpc) is 3.51. The highest BCUT2D eigenvalue weighted by Crippen LogP contribution is 2.52. The molecule has 30 heavy (non-hydrogen) atoms. The molecule has 0 aromatic heterocycles. The second kappa shape index (κ2) is 10.8. The summed E-state index contributed by atoms with van der Waals surface area (Å²) in [5.74, 6) is 1.42. The molecule has 0 radical (unpaired) electrons. The molecule has 1 aliphatic carbocycles. The predicted octanol–water partition coefficient (Wildman–Crippen LogP) is 5.82. The van der Waals surface area contributed by atoms with Crippen LogP contribution in [0.3, 0.4) is 0 Å².